The van der Waals surface area contributed by atoms with Crippen LogP contribution in [0.15, 0.2) is 77.7 Å². The fourth-order valence-corrected chi connectivity index (χ4v) is 5.65. The Bertz CT molecular complexity index is 1020. The first-order chi connectivity index (χ1) is 17.5. The molecule has 0 saturated carbocycles. The SMILES string of the molecule is Cl.Cl.OC(CSc1ccc(Cl)cc1)CN1CCN(CCCC(c2ccc(F)cc2)c2ccc(F)cc2)CC1. The van der Waals surface area contributed by atoms with Crippen molar-refractivity contribution in [1.29, 1.82) is 0 Å². The first-order valence-electron chi connectivity index (χ1n) is 12.5. The van der Waals surface area contributed by atoms with Gasteiger partial charge < -0.3 is 10.0 Å². The molecular formula is C29H35Cl3F2N2OS. The van der Waals surface area contributed by atoms with Gasteiger partial charge in [0.1, 0.15) is 11.6 Å². The van der Waals surface area contributed by atoms with E-state index in [1.165, 1.54) is 24.3 Å². The number of aliphatic hydroxyl groups is 1. The van der Waals surface area contributed by atoms with Gasteiger partial charge in [-0.25, -0.2) is 8.78 Å². The highest BCUT2D eigenvalue weighted by Crippen LogP contribution is 2.30. The molecule has 1 aliphatic heterocycles. The van der Waals surface area contributed by atoms with Crippen LogP contribution >= 0.6 is 48.2 Å². The van der Waals surface area contributed by atoms with Crippen molar-refractivity contribution < 1.29 is 13.9 Å². The van der Waals surface area contributed by atoms with Crippen LogP contribution in [0.5, 0.6) is 0 Å². The molecule has 0 aliphatic carbocycles. The van der Waals surface area contributed by atoms with Gasteiger partial charge in [-0.2, -0.15) is 0 Å². The molecular weight excluding hydrogens is 569 g/mol. The van der Waals surface area contributed by atoms with Crippen molar-refractivity contribution in [3.05, 3.63) is 101 Å². The minimum Gasteiger partial charge on any atom is -0.391 e. The molecule has 0 spiro atoms. The van der Waals surface area contributed by atoms with Crippen LogP contribution in [0.3, 0.4) is 0 Å². The predicted octanol–water partition coefficient (Wildman–Crippen LogP) is 7.14. The summed E-state index contributed by atoms with van der Waals surface area (Å²) in [5, 5.41) is 11.2. The average molecular weight is 604 g/mol. The minimum atomic E-state index is -0.371. The normalized spacial score (nSPS) is 15.1. The lowest BCUT2D eigenvalue weighted by atomic mass is 9.87. The first-order valence-corrected chi connectivity index (χ1v) is 13.8. The van der Waals surface area contributed by atoms with E-state index < -0.39 is 0 Å². The monoisotopic (exact) mass is 602 g/mol. The molecule has 1 fully saturated rings. The number of aliphatic hydroxyl groups excluding tert-OH is 1. The Morgan fingerprint density at radius 2 is 1.26 bits per heavy atom. The number of halogens is 5. The molecule has 1 aliphatic rings. The third-order valence-corrected chi connectivity index (χ3v) is 8.11. The van der Waals surface area contributed by atoms with Crippen LogP contribution in [0.1, 0.15) is 29.9 Å². The largest absolute Gasteiger partial charge is 0.391 e. The number of β-amino-alcohol motifs (C(OH)–C–C–N with tert-alkyl or cyclic N) is 1. The standard InChI is InChI=1S/C29H33ClF2N2OS.2ClH/c30-24-7-13-28(14-8-24)36-21-27(35)20-34-18-16-33(17-19-34)15-1-2-29(22-3-9-25(31)10-4-22)23-5-11-26(32)12-6-23;;/h3-14,27,29,35H,1-2,15-21H2;2*1H. The molecule has 4 rings (SSSR count). The zero-order valence-electron chi connectivity index (χ0n) is 21.1. The molecule has 0 bridgehead atoms. The summed E-state index contributed by atoms with van der Waals surface area (Å²) in [7, 11) is 0. The Hall–Kier alpha value is -1.38. The van der Waals surface area contributed by atoms with Gasteiger partial charge >= 0.3 is 0 Å². The summed E-state index contributed by atoms with van der Waals surface area (Å²) in [6.07, 6.45) is 1.54. The van der Waals surface area contributed by atoms with Crippen molar-refractivity contribution in [2.24, 2.45) is 0 Å². The summed E-state index contributed by atoms with van der Waals surface area (Å²) >= 11 is 7.58. The van der Waals surface area contributed by atoms with Crippen LogP contribution in [0, 0.1) is 11.6 Å². The number of benzene rings is 3. The molecule has 1 heterocycles. The molecule has 3 nitrogen and oxygen atoms in total. The van der Waals surface area contributed by atoms with E-state index in [-0.39, 0.29) is 48.5 Å². The molecule has 3 aromatic rings. The molecule has 0 aromatic heterocycles. The van der Waals surface area contributed by atoms with Crippen LogP contribution in [-0.4, -0.2) is 66.0 Å². The van der Waals surface area contributed by atoms with Crippen molar-refractivity contribution in [2.75, 3.05) is 45.0 Å². The number of piperazine rings is 1. The van der Waals surface area contributed by atoms with Crippen molar-refractivity contribution >= 4 is 48.2 Å². The van der Waals surface area contributed by atoms with Crippen LogP contribution in [0.25, 0.3) is 0 Å². The molecule has 0 radical (unpaired) electrons. The van der Waals surface area contributed by atoms with Crippen molar-refractivity contribution in [2.45, 2.75) is 29.8 Å². The van der Waals surface area contributed by atoms with Gasteiger partial charge in [0.2, 0.25) is 0 Å². The minimum absolute atomic E-state index is 0. The maximum Gasteiger partial charge on any atom is 0.123 e. The lowest BCUT2D eigenvalue weighted by molar-refractivity contribution is 0.0819. The van der Waals surface area contributed by atoms with E-state index in [0.717, 1.165) is 66.6 Å². The zero-order valence-corrected chi connectivity index (χ0v) is 24.4. The summed E-state index contributed by atoms with van der Waals surface area (Å²) in [5.74, 6) is 0.280. The van der Waals surface area contributed by atoms with E-state index in [9.17, 15) is 13.9 Å². The smallest absolute Gasteiger partial charge is 0.123 e. The fourth-order valence-electron chi connectivity index (χ4n) is 4.70. The van der Waals surface area contributed by atoms with Crippen molar-refractivity contribution in [1.82, 2.24) is 9.80 Å². The number of hydrogen-bond acceptors (Lipinski definition) is 4. The summed E-state index contributed by atoms with van der Waals surface area (Å²) in [6, 6.07) is 21.0. The van der Waals surface area contributed by atoms with Gasteiger partial charge in [0, 0.05) is 54.3 Å². The quantitative estimate of drug-likeness (QED) is 0.236. The molecule has 38 heavy (non-hydrogen) atoms. The Balaban J connectivity index is 0.00000253. The third kappa shape index (κ3) is 10.3. The maximum atomic E-state index is 13.5. The van der Waals surface area contributed by atoms with E-state index in [1.54, 1.807) is 11.8 Å². The molecule has 3 aromatic carbocycles. The van der Waals surface area contributed by atoms with Gasteiger partial charge in [-0.3, -0.25) is 4.90 Å². The number of rotatable bonds is 11. The van der Waals surface area contributed by atoms with E-state index in [0.29, 0.717) is 12.3 Å². The van der Waals surface area contributed by atoms with Gasteiger partial charge in [0.25, 0.3) is 0 Å². The van der Waals surface area contributed by atoms with E-state index in [2.05, 4.69) is 9.80 Å². The summed E-state index contributed by atoms with van der Waals surface area (Å²) in [4.78, 5) is 5.92. The molecule has 1 atom stereocenters. The van der Waals surface area contributed by atoms with Gasteiger partial charge in [0.05, 0.1) is 6.10 Å². The van der Waals surface area contributed by atoms with Gasteiger partial charge in [-0.1, -0.05) is 35.9 Å². The number of hydrogen-bond donors (Lipinski definition) is 1. The topological polar surface area (TPSA) is 26.7 Å². The molecule has 208 valence electrons. The summed E-state index contributed by atoms with van der Waals surface area (Å²) in [6.45, 7) is 5.53. The molecule has 1 saturated heterocycles. The molecule has 1 N–H and O–H groups in total. The molecule has 1 unspecified atom stereocenters. The van der Waals surface area contributed by atoms with Crippen LogP contribution < -0.4 is 0 Å². The highest BCUT2D eigenvalue weighted by atomic mass is 35.5. The Kier molecular flexibility index (Phi) is 14.4. The van der Waals surface area contributed by atoms with Crippen LogP contribution in [0.2, 0.25) is 5.02 Å². The first kappa shape index (κ1) is 32.8. The Morgan fingerprint density at radius 1 is 0.763 bits per heavy atom. The van der Waals surface area contributed by atoms with E-state index in [4.69, 9.17) is 11.6 Å². The highest BCUT2D eigenvalue weighted by molar-refractivity contribution is 7.99. The molecule has 0 amide bonds. The maximum absolute atomic E-state index is 13.5. The number of nitrogens with zero attached hydrogens (tertiary/aromatic N) is 2. The van der Waals surface area contributed by atoms with Gasteiger partial charge in [0.15, 0.2) is 0 Å². The second-order valence-corrected chi connectivity index (χ2v) is 10.9. The third-order valence-electron chi connectivity index (χ3n) is 6.70. The van der Waals surface area contributed by atoms with E-state index in [1.807, 2.05) is 48.5 Å². The lowest BCUT2D eigenvalue weighted by Crippen LogP contribution is -2.49. The number of thioether (sulfide) groups is 1. The highest BCUT2D eigenvalue weighted by Gasteiger charge is 2.20. The van der Waals surface area contributed by atoms with Crippen LogP contribution in [-0.2, 0) is 0 Å². The predicted molar refractivity (Wildman–Crippen MR) is 159 cm³/mol. The fraction of sp³-hybridized carbons (Fsp3) is 0.379. The second-order valence-electron chi connectivity index (χ2n) is 9.36. The Morgan fingerprint density at radius 3 is 1.79 bits per heavy atom. The van der Waals surface area contributed by atoms with Crippen molar-refractivity contribution in [3.63, 3.8) is 0 Å². The zero-order chi connectivity index (χ0) is 25.3. The second kappa shape index (κ2) is 16.7. The summed E-state index contributed by atoms with van der Waals surface area (Å²) < 4.78 is 26.9. The molecule has 9 heteroatoms. The Labute approximate surface area is 246 Å². The van der Waals surface area contributed by atoms with Gasteiger partial charge in [-0.15, -0.1) is 36.6 Å². The van der Waals surface area contributed by atoms with Crippen molar-refractivity contribution in [3.8, 4) is 0 Å². The van der Waals surface area contributed by atoms with Gasteiger partial charge in [-0.05, 0) is 79.0 Å². The average Bonchev–Trinajstić information content (AvgIpc) is 2.89. The van der Waals surface area contributed by atoms with E-state index >= 15 is 0 Å². The van der Waals surface area contributed by atoms with Crippen LogP contribution in [0.4, 0.5) is 8.78 Å². The summed E-state index contributed by atoms with van der Waals surface area (Å²) in [5.41, 5.74) is 2.11. The lowest BCUT2D eigenvalue weighted by Gasteiger charge is -2.35.